The lowest BCUT2D eigenvalue weighted by Crippen LogP contribution is -2.45. The molecule has 0 spiro atoms. The minimum absolute atomic E-state index is 0.188. The molecule has 0 aromatic heterocycles. The van der Waals surface area contributed by atoms with Gasteiger partial charge in [-0.3, -0.25) is 0 Å². The second-order valence-electron chi connectivity index (χ2n) is 5.78. The van der Waals surface area contributed by atoms with Gasteiger partial charge in [-0.1, -0.05) is 6.07 Å². The standard InChI is InChI=1S/C18H22N2O7/c1-5-26-17(23)14-9(2)19-18(24)20-15(14)11-6-7-12(13(8-11)25-4)27-10(3)16(21)22/h6-8,10,15H,5H2,1-4H3,(H,21,22)(H2,19,20,24)/p-1/t10-,15-/m1/s1. The predicted molar refractivity (Wildman–Crippen MR) is 91.8 cm³/mol. The highest BCUT2D eigenvalue weighted by molar-refractivity contribution is 5.95. The molecule has 146 valence electrons. The number of carboxylic acids is 1. The molecular formula is C18H21N2O7-. The summed E-state index contributed by atoms with van der Waals surface area (Å²) in [6.07, 6.45) is -1.18. The fourth-order valence-corrected chi connectivity index (χ4v) is 2.62. The SMILES string of the molecule is CCOC(=O)C1=C(C)NC(=O)N[C@@H]1c1ccc(O[C@H](C)C(=O)[O-])c(OC)c1. The van der Waals surface area contributed by atoms with Gasteiger partial charge < -0.3 is 34.7 Å². The number of allylic oxidation sites excluding steroid dienone is 1. The van der Waals surface area contributed by atoms with Crippen LogP contribution in [0.15, 0.2) is 29.5 Å². The van der Waals surface area contributed by atoms with Crippen LogP contribution in [0.4, 0.5) is 4.79 Å². The summed E-state index contributed by atoms with van der Waals surface area (Å²) in [4.78, 5) is 35.1. The quantitative estimate of drug-likeness (QED) is 0.659. The van der Waals surface area contributed by atoms with Crippen molar-refractivity contribution in [1.29, 1.82) is 0 Å². The number of aliphatic carboxylic acids is 1. The molecule has 0 saturated carbocycles. The Balaban J connectivity index is 2.42. The number of methoxy groups -OCH3 is 1. The largest absolute Gasteiger partial charge is 0.546 e. The second-order valence-corrected chi connectivity index (χ2v) is 5.78. The Kier molecular flexibility index (Phi) is 6.27. The first-order valence-corrected chi connectivity index (χ1v) is 8.29. The fraction of sp³-hybridized carbons (Fsp3) is 0.389. The zero-order valence-electron chi connectivity index (χ0n) is 15.5. The Morgan fingerprint density at radius 1 is 1.30 bits per heavy atom. The molecule has 0 radical (unpaired) electrons. The number of hydrogen-bond acceptors (Lipinski definition) is 7. The average Bonchev–Trinajstić information content (AvgIpc) is 2.61. The smallest absolute Gasteiger partial charge is 0.338 e. The lowest BCUT2D eigenvalue weighted by Gasteiger charge is -2.28. The number of hydrogen-bond donors (Lipinski definition) is 2. The Bertz CT molecular complexity index is 788. The van der Waals surface area contributed by atoms with Crippen LogP contribution < -0.4 is 25.2 Å². The van der Waals surface area contributed by atoms with Crippen molar-refractivity contribution < 1.29 is 33.7 Å². The molecule has 2 amide bonds. The molecule has 27 heavy (non-hydrogen) atoms. The van der Waals surface area contributed by atoms with Gasteiger partial charge in [0.2, 0.25) is 0 Å². The molecule has 9 nitrogen and oxygen atoms in total. The number of ether oxygens (including phenoxy) is 3. The number of nitrogens with one attached hydrogen (secondary N) is 2. The van der Waals surface area contributed by atoms with Gasteiger partial charge in [-0.05, 0) is 38.5 Å². The first-order chi connectivity index (χ1) is 12.8. The molecule has 1 heterocycles. The Hall–Kier alpha value is -3.23. The highest BCUT2D eigenvalue weighted by Gasteiger charge is 2.32. The summed E-state index contributed by atoms with van der Waals surface area (Å²) in [5, 5.41) is 16.1. The van der Waals surface area contributed by atoms with Crippen LogP contribution in [0.2, 0.25) is 0 Å². The van der Waals surface area contributed by atoms with Gasteiger partial charge in [0.1, 0.15) is 6.10 Å². The zero-order valence-corrected chi connectivity index (χ0v) is 15.5. The normalized spacial score (nSPS) is 17.5. The van der Waals surface area contributed by atoms with Crippen molar-refractivity contribution in [3.63, 3.8) is 0 Å². The van der Waals surface area contributed by atoms with Crippen LogP contribution in [0.1, 0.15) is 32.4 Å². The minimum atomic E-state index is -1.37. The van der Waals surface area contributed by atoms with Crippen LogP contribution in [-0.4, -0.2) is 37.8 Å². The Labute approximate surface area is 156 Å². The van der Waals surface area contributed by atoms with Gasteiger partial charge in [-0.2, -0.15) is 0 Å². The summed E-state index contributed by atoms with van der Waals surface area (Å²) in [5.74, 6) is -1.49. The van der Waals surface area contributed by atoms with Crippen LogP contribution in [0.3, 0.4) is 0 Å². The molecule has 0 aliphatic carbocycles. The lowest BCUT2D eigenvalue weighted by molar-refractivity contribution is -0.312. The van der Waals surface area contributed by atoms with E-state index >= 15 is 0 Å². The van der Waals surface area contributed by atoms with Crippen molar-refractivity contribution in [2.75, 3.05) is 13.7 Å². The van der Waals surface area contributed by atoms with E-state index in [1.807, 2.05) is 0 Å². The number of carboxylic acid groups (broad SMARTS) is 1. The summed E-state index contributed by atoms with van der Waals surface area (Å²) < 4.78 is 15.6. The van der Waals surface area contributed by atoms with Crippen molar-refractivity contribution >= 4 is 18.0 Å². The van der Waals surface area contributed by atoms with Crippen LogP contribution in [-0.2, 0) is 14.3 Å². The van der Waals surface area contributed by atoms with Crippen LogP contribution in [0, 0.1) is 0 Å². The Morgan fingerprint density at radius 3 is 2.59 bits per heavy atom. The van der Waals surface area contributed by atoms with Crippen molar-refractivity contribution in [2.45, 2.75) is 32.9 Å². The molecule has 1 aromatic rings. The monoisotopic (exact) mass is 377 g/mol. The van der Waals surface area contributed by atoms with Crippen molar-refractivity contribution in [2.24, 2.45) is 0 Å². The van der Waals surface area contributed by atoms with E-state index < -0.39 is 30.1 Å². The number of carbonyl (C=O) groups excluding carboxylic acids is 3. The molecule has 0 fully saturated rings. The molecule has 2 atom stereocenters. The van der Waals surface area contributed by atoms with E-state index in [2.05, 4.69) is 10.6 Å². The number of urea groups is 1. The highest BCUT2D eigenvalue weighted by Crippen LogP contribution is 2.35. The first-order valence-electron chi connectivity index (χ1n) is 8.29. The third-order valence-electron chi connectivity index (χ3n) is 3.92. The summed E-state index contributed by atoms with van der Waals surface area (Å²) in [6, 6.07) is 3.43. The molecule has 9 heteroatoms. The van der Waals surface area contributed by atoms with E-state index in [1.165, 1.54) is 20.1 Å². The Morgan fingerprint density at radius 2 is 2.00 bits per heavy atom. The number of rotatable bonds is 7. The third-order valence-corrected chi connectivity index (χ3v) is 3.92. The van der Waals surface area contributed by atoms with Gasteiger partial charge in [0.05, 0.1) is 31.3 Å². The molecule has 0 bridgehead atoms. The van der Waals surface area contributed by atoms with Gasteiger partial charge in [0.25, 0.3) is 0 Å². The predicted octanol–water partition coefficient (Wildman–Crippen LogP) is 0.403. The zero-order chi connectivity index (χ0) is 20.1. The molecular weight excluding hydrogens is 356 g/mol. The summed E-state index contributed by atoms with van der Waals surface area (Å²) in [5.41, 5.74) is 1.18. The molecule has 2 N–H and O–H groups in total. The van der Waals surface area contributed by atoms with Crippen molar-refractivity contribution in [1.82, 2.24) is 10.6 Å². The van der Waals surface area contributed by atoms with Crippen LogP contribution >= 0.6 is 0 Å². The minimum Gasteiger partial charge on any atom is -0.546 e. The van der Waals surface area contributed by atoms with Gasteiger partial charge in [-0.25, -0.2) is 9.59 Å². The van der Waals surface area contributed by atoms with Crippen molar-refractivity contribution in [3.8, 4) is 11.5 Å². The second kappa shape index (κ2) is 8.43. The number of esters is 1. The van der Waals surface area contributed by atoms with E-state index in [1.54, 1.807) is 26.0 Å². The van der Waals surface area contributed by atoms with Crippen LogP contribution in [0.25, 0.3) is 0 Å². The fourth-order valence-electron chi connectivity index (χ4n) is 2.62. The van der Waals surface area contributed by atoms with E-state index in [0.29, 0.717) is 11.3 Å². The molecule has 1 aliphatic heterocycles. The van der Waals surface area contributed by atoms with E-state index in [9.17, 15) is 19.5 Å². The average molecular weight is 377 g/mol. The molecule has 2 rings (SSSR count). The molecule has 0 saturated heterocycles. The van der Waals surface area contributed by atoms with Crippen molar-refractivity contribution in [3.05, 3.63) is 35.0 Å². The maximum absolute atomic E-state index is 12.3. The molecule has 1 aromatic carbocycles. The maximum Gasteiger partial charge on any atom is 0.338 e. The van der Waals surface area contributed by atoms with E-state index in [0.717, 1.165) is 0 Å². The van der Waals surface area contributed by atoms with E-state index in [4.69, 9.17) is 14.2 Å². The maximum atomic E-state index is 12.3. The molecule has 0 unspecified atom stereocenters. The van der Waals surface area contributed by atoms with Gasteiger partial charge in [-0.15, -0.1) is 0 Å². The first kappa shape index (κ1) is 20.1. The van der Waals surface area contributed by atoms with Gasteiger partial charge in [0.15, 0.2) is 11.5 Å². The van der Waals surface area contributed by atoms with Crippen LogP contribution in [0.5, 0.6) is 11.5 Å². The highest BCUT2D eigenvalue weighted by atomic mass is 16.5. The number of carbonyl (C=O) groups is 3. The summed E-state index contributed by atoms with van der Waals surface area (Å²) in [6.45, 7) is 4.81. The summed E-state index contributed by atoms with van der Waals surface area (Å²) >= 11 is 0. The lowest BCUT2D eigenvalue weighted by atomic mass is 9.95. The van der Waals surface area contributed by atoms with E-state index in [-0.39, 0.29) is 23.7 Å². The number of benzene rings is 1. The van der Waals surface area contributed by atoms with Gasteiger partial charge >= 0.3 is 12.0 Å². The van der Waals surface area contributed by atoms with Gasteiger partial charge in [0, 0.05) is 5.70 Å². The third kappa shape index (κ3) is 4.49. The molecule has 1 aliphatic rings. The topological polar surface area (TPSA) is 126 Å². The summed E-state index contributed by atoms with van der Waals surface area (Å²) in [7, 11) is 1.39. The number of amides is 2.